The largest absolute Gasteiger partial charge is 0.491 e. The minimum atomic E-state index is -0.714. The zero-order valence-corrected chi connectivity index (χ0v) is 13.6. The highest BCUT2D eigenvalue weighted by atomic mass is 35.5. The second kappa shape index (κ2) is 7.16. The van der Waals surface area contributed by atoms with Crippen molar-refractivity contribution < 1.29 is 14.8 Å². The van der Waals surface area contributed by atoms with Gasteiger partial charge in [-0.25, -0.2) is 0 Å². The molecule has 0 fully saturated rings. The lowest BCUT2D eigenvalue weighted by Gasteiger charge is -2.13. The molecule has 2 aromatic rings. The Labute approximate surface area is 143 Å². The molecule has 0 aliphatic carbocycles. The predicted molar refractivity (Wildman–Crippen MR) is 87.0 cm³/mol. The van der Waals surface area contributed by atoms with Gasteiger partial charge in [0.25, 0.3) is 0 Å². The van der Waals surface area contributed by atoms with Crippen LogP contribution in [0.25, 0.3) is 0 Å². The number of hydrogen-bond acceptors (Lipinski definition) is 6. The summed E-state index contributed by atoms with van der Waals surface area (Å²) >= 11 is 5.83. The molecule has 2 heterocycles. The van der Waals surface area contributed by atoms with E-state index >= 15 is 0 Å². The lowest BCUT2D eigenvalue weighted by atomic mass is 10.1. The minimum absolute atomic E-state index is 0.0286. The van der Waals surface area contributed by atoms with Gasteiger partial charge in [-0.3, -0.25) is 4.57 Å². The van der Waals surface area contributed by atoms with E-state index in [1.165, 1.54) is 21.9 Å². The third-order valence-electron chi connectivity index (χ3n) is 3.86. The van der Waals surface area contributed by atoms with Crippen LogP contribution in [0.1, 0.15) is 17.5 Å². The molecule has 0 spiro atoms. The van der Waals surface area contributed by atoms with Crippen molar-refractivity contribution in [2.75, 3.05) is 6.61 Å². The van der Waals surface area contributed by atoms with Crippen LogP contribution in [0.4, 0.5) is 5.82 Å². The first kappa shape index (κ1) is 16.7. The molecule has 2 N–H and O–H groups in total. The molecule has 0 saturated heterocycles. The third-order valence-corrected chi connectivity index (χ3v) is 4.16. The number of fused-ring (bicyclic) bond motifs is 1. The summed E-state index contributed by atoms with van der Waals surface area (Å²) in [6.45, 7) is 2.15. The van der Waals surface area contributed by atoms with Crippen molar-refractivity contribution in [2.24, 2.45) is 0 Å². The number of aromatic nitrogens is 2. The van der Waals surface area contributed by atoms with E-state index in [1.807, 2.05) is 18.2 Å². The number of imidazole rings is 1. The van der Waals surface area contributed by atoms with Gasteiger partial charge in [0.1, 0.15) is 18.6 Å². The molecular weight excluding hydrogens is 336 g/mol. The number of nitrogens with one attached hydrogen (secondary N) is 1. The van der Waals surface area contributed by atoms with E-state index in [1.54, 1.807) is 0 Å². The number of nitro groups is 1. The number of ether oxygens (including phenoxy) is 1. The molecule has 0 saturated carbocycles. The fraction of sp³-hybridized carbons (Fsp3) is 0.400. The third kappa shape index (κ3) is 3.84. The van der Waals surface area contributed by atoms with E-state index in [2.05, 4.69) is 10.3 Å². The van der Waals surface area contributed by atoms with Gasteiger partial charge in [0.2, 0.25) is 0 Å². The zero-order chi connectivity index (χ0) is 17.1. The van der Waals surface area contributed by atoms with E-state index in [9.17, 15) is 15.2 Å². The topological polar surface area (TPSA) is 102 Å². The molecule has 128 valence electrons. The predicted octanol–water partition coefficient (Wildman–Crippen LogP) is 1.88. The Bertz CT molecular complexity index is 749. The highest BCUT2D eigenvalue weighted by Crippen LogP contribution is 2.22. The summed E-state index contributed by atoms with van der Waals surface area (Å²) in [6.07, 6.45) is 0.886. The number of aliphatic hydroxyl groups excluding tert-OH is 1. The standard InChI is InChI=1S/C15H17ClN4O4/c16-15-18-14(20(22)23)8-19(15)4-3-12(21)9-24-13-2-1-10-6-17-7-11(10)5-13/h1-2,5,8,12,17,21H,3-4,6-7,9H2/t12-/m1/s1. The van der Waals surface area contributed by atoms with Crippen LogP contribution >= 0.6 is 11.6 Å². The smallest absolute Gasteiger partial charge is 0.383 e. The average Bonchev–Trinajstić information content (AvgIpc) is 3.16. The molecule has 0 amide bonds. The first-order valence-electron chi connectivity index (χ1n) is 7.53. The number of nitrogens with zero attached hydrogens (tertiary/aromatic N) is 3. The molecule has 1 aliphatic rings. The Hall–Kier alpha value is -2.16. The van der Waals surface area contributed by atoms with Gasteiger partial charge in [0.15, 0.2) is 0 Å². The molecule has 1 aromatic carbocycles. The van der Waals surface area contributed by atoms with Crippen molar-refractivity contribution >= 4 is 17.4 Å². The summed E-state index contributed by atoms with van der Waals surface area (Å²) in [7, 11) is 0. The second-order valence-electron chi connectivity index (χ2n) is 5.61. The Kier molecular flexibility index (Phi) is 4.98. The van der Waals surface area contributed by atoms with Crippen LogP contribution in [0.15, 0.2) is 24.4 Å². The molecule has 24 heavy (non-hydrogen) atoms. The molecule has 3 rings (SSSR count). The number of aryl methyl sites for hydroxylation is 1. The van der Waals surface area contributed by atoms with Gasteiger partial charge in [-0.05, 0) is 51.2 Å². The van der Waals surface area contributed by atoms with Crippen LogP contribution in [0.2, 0.25) is 5.28 Å². The number of hydrogen-bond donors (Lipinski definition) is 2. The molecule has 1 aliphatic heterocycles. The molecule has 0 unspecified atom stereocenters. The van der Waals surface area contributed by atoms with Crippen molar-refractivity contribution in [1.29, 1.82) is 0 Å². The van der Waals surface area contributed by atoms with Gasteiger partial charge in [-0.1, -0.05) is 6.07 Å². The maximum absolute atomic E-state index is 10.6. The van der Waals surface area contributed by atoms with Gasteiger partial charge in [0, 0.05) is 19.6 Å². The van der Waals surface area contributed by atoms with Gasteiger partial charge in [-0.2, -0.15) is 0 Å². The summed E-state index contributed by atoms with van der Waals surface area (Å²) in [5.41, 5.74) is 2.47. The van der Waals surface area contributed by atoms with Gasteiger partial charge < -0.3 is 25.3 Å². The number of halogens is 1. The lowest BCUT2D eigenvalue weighted by molar-refractivity contribution is -0.389. The zero-order valence-electron chi connectivity index (χ0n) is 12.8. The van der Waals surface area contributed by atoms with Crippen LogP contribution in [-0.4, -0.2) is 32.3 Å². The molecular formula is C15H17ClN4O4. The Morgan fingerprint density at radius 1 is 1.46 bits per heavy atom. The van der Waals surface area contributed by atoms with Crippen molar-refractivity contribution in [2.45, 2.75) is 32.2 Å². The summed E-state index contributed by atoms with van der Waals surface area (Å²) < 4.78 is 7.05. The van der Waals surface area contributed by atoms with Crippen LogP contribution < -0.4 is 10.1 Å². The Balaban J connectivity index is 1.49. The number of aliphatic hydroxyl groups is 1. The maximum Gasteiger partial charge on any atom is 0.383 e. The highest BCUT2D eigenvalue weighted by molar-refractivity contribution is 6.28. The quantitative estimate of drug-likeness (QED) is 0.582. The van der Waals surface area contributed by atoms with E-state index < -0.39 is 11.0 Å². The summed E-state index contributed by atoms with van der Waals surface area (Å²) in [4.78, 5) is 13.7. The minimum Gasteiger partial charge on any atom is -0.491 e. The van der Waals surface area contributed by atoms with E-state index in [0.29, 0.717) is 18.7 Å². The van der Waals surface area contributed by atoms with E-state index in [4.69, 9.17) is 16.3 Å². The lowest BCUT2D eigenvalue weighted by Crippen LogP contribution is -2.19. The molecule has 0 bridgehead atoms. The van der Waals surface area contributed by atoms with Crippen molar-refractivity contribution in [1.82, 2.24) is 14.9 Å². The average molecular weight is 353 g/mol. The van der Waals surface area contributed by atoms with E-state index in [-0.39, 0.29) is 17.7 Å². The second-order valence-corrected chi connectivity index (χ2v) is 5.94. The first-order valence-corrected chi connectivity index (χ1v) is 7.91. The van der Waals surface area contributed by atoms with Gasteiger partial charge in [0.05, 0.1) is 6.10 Å². The van der Waals surface area contributed by atoms with Crippen LogP contribution in [0.3, 0.4) is 0 Å². The molecule has 1 aromatic heterocycles. The maximum atomic E-state index is 10.6. The Morgan fingerprint density at radius 2 is 2.25 bits per heavy atom. The van der Waals surface area contributed by atoms with Crippen molar-refractivity contribution in [3.63, 3.8) is 0 Å². The van der Waals surface area contributed by atoms with E-state index in [0.717, 1.165) is 13.1 Å². The summed E-state index contributed by atoms with van der Waals surface area (Å²) in [6, 6.07) is 5.87. The molecule has 9 heteroatoms. The number of benzene rings is 1. The normalized spacial score (nSPS) is 14.4. The first-order chi connectivity index (χ1) is 11.5. The van der Waals surface area contributed by atoms with Crippen LogP contribution in [-0.2, 0) is 19.6 Å². The molecule has 0 radical (unpaired) electrons. The summed E-state index contributed by atoms with van der Waals surface area (Å²) in [5.74, 6) is 0.408. The van der Waals surface area contributed by atoms with Gasteiger partial charge >= 0.3 is 11.1 Å². The van der Waals surface area contributed by atoms with Crippen LogP contribution in [0.5, 0.6) is 5.75 Å². The SMILES string of the molecule is O=[N+]([O-])c1cn(CC[C@@H](O)COc2ccc3c(c2)CNC3)c(Cl)n1. The molecule has 8 nitrogen and oxygen atoms in total. The van der Waals surface area contributed by atoms with Crippen LogP contribution in [0, 0.1) is 10.1 Å². The fourth-order valence-electron chi connectivity index (χ4n) is 2.55. The monoisotopic (exact) mass is 352 g/mol. The Morgan fingerprint density at radius 3 is 3.00 bits per heavy atom. The van der Waals surface area contributed by atoms with Crippen molar-refractivity contribution in [3.05, 3.63) is 50.9 Å². The van der Waals surface area contributed by atoms with Gasteiger partial charge in [-0.15, -0.1) is 0 Å². The highest BCUT2D eigenvalue weighted by Gasteiger charge is 2.18. The van der Waals surface area contributed by atoms with Crippen molar-refractivity contribution in [3.8, 4) is 5.75 Å². The summed E-state index contributed by atoms with van der Waals surface area (Å²) in [5, 5.41) is 24.0. The number of rotatable bonds is 7. The molecule has 1 atom stereocenters. The fourth-order valence-corrected chi connectivity index (χ4v) is 2.77.